The summed E-state index contributed by atoms with van der Waals surface area (Å²) in [5.41, 5.74) is 6.98. The van der Waals surface area contributed by atoms with Gasteiger partial charge in [-0.3, -0.25) is 0 Å². The summed E-state index contributed by atoms with van der Waals surface area (Å²) < 4.78 is 0. The molecule has 1 aromatic carbocycles. The van der Waals surface area contributed by atoms with Crippen molar-refractivity contribution in [2.45, 2.75) is 19.9 Å². The number of aliphatic hydroxyl groups is 1. The van der Waals surface area contributed by atoms with Crippen molar-refractivity contribution in [2.24, 2.45) is 10.9 Å². The van der Waals surface area contributed by atoms with E-state index in [1.54, 1.807) is 18.2 Å². The number of aliphatic hydroxyl groups excluding tert-OH is 1. The van der Waals surface area contributed by atoms with Crippen LogP contribution in [0.15, 0.2) is 23.4 Å². The van der Waals surface area contributed by atoms with Crippen molar-refractivity contribution in [3.05, 3.63) is 28.8 Å². The Balaban J connectivity index is 3.28. The maximum absolute atomic E-state index is 9.11. The van der Waals surface area contributed by atoms with Gasteiger partial charge in [0.2, 0.25) is 0 Å². The highest BCUT2D eigenvalue weighted by Crippen LogP contribution is 2.25. The summed E-state index contributed by atoms with van der Waals surface area (Å²) in [7, 11) is 0. The molecule has 5 nitrogen and oxygen atoms in total. The number of halogens is 1. The first-order valence-corrected chi connectivity index (χ1v) is 6.04. The van der Waals surface area contributed by atoms with Crippen molar-refractivity contribution >= 4 is 23.1 Å². The van der Waals surface area contributed by atoms with E-state index in [-0.39, 0.29) is 18.5 Å². The topological polar surface area (TPSA) is 82.1 Å². The Morgan fingerprint density at radius 2 is 2.17 bits per heavy atom. The summed E-state index contributed by atoms with van der Waals surface area (Å²) in [5.74, 6) is -0.00362. The van der Waals surface area contributed by atoms with Gasteiger partial charge < -0.3 is 20.9 Å². The molecule has 1 aromatic rings. The number of hydrogen-bond donors (Lipinski definition) is 3. The maximum atomic E-state index is 9.11. The molecule has 4 N–H and O–H groups in total. The molecule has 1 rings (SSSR count). The minimum atomic E-state index is -0.00362. The summed E-state index contributed by atoms with van der Waals surface area (Å²) in [6.45, 7) is 4.49. The largest absolute Gasteiger partial charge is 0.409 e. The van der Waals surface area contributed by atoms with Crippen LogP contribution in [0.3, 0.4) is 0 Å². The van der Waals surface area contributed by atoms with E-state index in [4.69, 9.17) is 27.6 Å². The predicted octanol–water partition coefficient (Wildman–Crippen LogP) is 1.64. The Morgan fingerprint density at radius 3 is 2.67 bits per heavy atom. The fourth-order valence-corrected chi connectivity index (χ4v) is 1.95. The first-order valence-electron chi connectivity index (χ1n) is 5.66. The van der Waals surface area contributed by atoms with E-state index in [0.29, 0.717) is 17.1 Å². The van der Waals surface area contributed by atoms with Crippen molar-refractivity contribution < 1.29 is 10.3 Å². The van der Waals surface area contributed by atoms with Crippen molar-refractivity contribution in [3.63, 3.8) is 0 Å². The van der Waals surface area contributed by atoms with Gasteiger partial charge >= 0.3 is 0 Å². The highest BCUT2D eigenvalue weighted by molar-refractivity contribution is 6.31. The third kappa shape index (κ3) is 3.27. The van der Waals surface area contributed by atoms with Crippen LogP contribution < -0.4 is 10.6 Å². The van der Waals surface area contributed by atoms with Gasteiger partial charge in [0.25, 0.3) is 0 Å². The van der Waals surface area contributed by atoms with Gasteiger partial charge in [-0.05, 0) is 32.0 Å². The number of rotatable bonds is 5. The molecule has 0 aromatic heterocycles. The number of nitrogens with zero attached hydrogens (tertiary/aromatic N) is 2. The highest BCUT2D eigenvalue weighted by atomic mass is 35.5. The molecule has 6 heteroatoms. The Labute approximate surface area is 111 Å². The van der Waals surface area contributed by atoms with E-state index in [1.165, 1.54) is 0 Å². The fourth-order valence-electron chi connectivity index (χ4n) is 1.78. The van der Waals surface area contributed by atoms with Gasteiger partial charge in [-0.25, -0.2) is 0 Å². The monoisotopic (exact) mass is 271 g/mol. The van der Waals surface area contributed by atoms with Gasteiger partial charge in [-0.1, -0.05) is 16.8 Å². The zero-order valence-corrected chi connectivity index (χ0v) is 11.2. The quantitative estimate of drug-likeness (QED) is 0.329. The lowest BCUT2D eigenvalue weighted by molar-refractivity contribution is 0.299. The molecular weight excluding hydrogens is 254 g/mol. The SMILES string of the molecule is CC(C)N(CCO)c1ccc(Cl)cc1C(N)=NO. The molecule has 0 saturated heterocycles. The summed E-state index contributed by atoms with van der Waals surface area (Å²) >= 11 is 5.92. The first-order chi connectivity index (χ1) is 8.51. The van der Waals surface area contributed by atoms with E-state index in [2.05, 4.69) is 5.16 Å². The Morgan fingerprint density at radius 1 is 1.50 bits per heavy atom. The minimum Gasteiger partial charge on any atom is -0.409 e. The molecule has 0 atom stereocenters. The molecule has 0 unspecified atom stereocenters. The molecule has 0 heterocycles. The fraction of sp³-hybridized carbons (Fsp3) is 0.417. The molecule has 0 aliphatic heterocycles. The highest BCUT2D eigenvalue weighted by Gasteiger charge is 2.16. The van der Waals surface area contributed by atoms with Gasteiger partial charge in [-0.2, -0.15) is 0 Å². The van der Waals surface area contributed by atoms with Crippen LogP contribution >= 0.6 is 11.6 Å². The van der Waals surface area contributed by atoms with Crippen molar-refractivity contribution in [1.29, 1.82) is 0 Å². The Kier molecular flexibility index (Phi) is 5.25. The van der Waals surface area contributed by atoms with Crippen LogP contribution in [0.2, 0.25) is 5.02 Å². The molecule has 0 fully saturated rings. The van der Waals surface area contributed by atoms with Crippen LogP contribution in [0.4, 0.5) is 5.69 Å². The molecule has 0 amide bonds. The van der Waals surface area contributed by atoms with E-state index in [0.717, 1.165) is 5.69 Å². The molecule has 0 aliphatic carbocycles. The number of oxime groups is 1. The molecule has 0 spiro atoms. The Bertz CT molecular complexity index is 435. The third-order valence-corrected chi connectivity index (χ3v) is 2.85. The number of anilines is 1. The standard InChI is InChI=1S/C12H18ClN3O2/c1-8(2)16(5-6-17)11-4-3-9(13)7-10(11)12(14)15-18/h3-4,7-8,17-18H,5-6H2,1-2H3,(H2,14,15). The molecular formula is C12H18ClN3O2. The molecule has 0 bridgehead atoms. The van der Waals surface area contributed by atoms with E-state index < -0.39 is 0 Å². The zero-order chi connectivity index (χ0) is 13.7. The van der Waals surface area contributed by atoms with Crippen LogP contribution in [-0.4, -0.2) is 35.3 Å². The van der Waals surface area contributed by atoms with Gasteiger partial charge in [0, 0.05) is 28.9 Å². The molecule has 100 valence electrons. The van der Waals surface area contributed by atoms with Crippen LogP contribution in [-0.2, 0) is 0 Å². The number of hydrogen-bond acceptors (Lipinski definition) is 4. The van der Waals surface area contributed by atoms with Crippen LogP contribution in [0.25, 0.3) is 0 Å². The summed E-state index contributed by atoms with van der Waals surface area (Å²) in [6, 6.07) is 5.34. The lowest BCUT2D eigenvalue weighted by Gasteiger charge is -2.30. The number of amidine groups is 1. The van der Waals surface area contributed by atoms with E-state index in [9.17, 15) is 0 Å². The van der Waals surface area contributed by atoms with Crippen molar-refractivity contribution in [2.75, 3.05) is 18.1 Å². The third-order valence-electron chi connectivity index (χ3n) is 2.62. The van der Waals surface area contributed by atoms with Gasteiger partial charge in [0.15, 0.2) is 5.84 Å². The Hall–Kier alpha value is -1.46. The van der Waals surface area contributed by atoms with Gasteiger partial charge in [0.05, 0.1) is 6.61 Å². The smallest absolute Gasteiger partial charge is 0.172 e. The second-order valence-corrected chi connectivity index (χ2v) is 4.59. The van der Waals surface area contributed by atoms with E-state index >= 15 is 0 Å². The minimum absolute atomic E-state index is 0.00362. The molecule has 0 radical (unpaired) electrons. The molecule has 0 aliphatic rings. The van der Waals surface area contributed by atoms with Crippen LogP contribution in [0, 0.1) is 0 Å². The summed E-state index contributed by atoms with van der Waals surface area (Å²) in [4.78, 5) is 1.96. The maximum Gasteiger partial charge on any atom is 0.172 e. The van der Waals surface area contributed by atoms with Gasteiger partial charge in [0.1, 0.15) is 0 Å². The van der Waals surface area contributed by atoms with Gasteiger partial charge in [-0.15, -0.1) is 0 Å². The molecule has 0 saturated carbocycles. The van der Waals surface area contributed by atoms with E-state index in [1.807, 2.05) is 18.7 Å². The van der Waals surface area contributed by atoms with Crippen LogP contribution in [0.5, 0.6) is 0 Å². The second-order valence-electron chi connectivity index (χ2n) is 4.16. The average molecular weight is 272 g/mol. The normalized spacial score (nSPS) is 11.9. The average Bonchev–Trinajstić information content (AvgIpc) is 2.35. The summed E-state index contributed by atoms with van der Waals surface area (Å²) in [5, 5.41) is 21.4. The second kappa shape index (κ2) is 6.47. The van der Waals surface area contributed by atoms with Crippen molar-refractivity contribution in [3.8, 4) is 0 Å². The summed E-state index contributed by atoms with van der Waals surface area (Å²) in [6.07, 6.45) is 0. The zero-order valence-electron chi connectivity index (χ0n) is 10.5. The lowest BCUT2D eigenvalue weighted by Crippen LogP contribution is -2.35. The van der Waals surface area contributed by atoms with Crippen LogP contribution in [0.1, 0.15) is 19.4 Å². The number of nitrogens with two attached hydrogens (primary N) is 1. The number of benzene rings is 1. The predicted molar refractivity (Wildman–Crippen MR) is 73.5 cm³/mol. The van der Waals surface area contributed by atoms with Crippen molar-refractivity contribution in [1.82, 2.24) is 0 Å². The lowest BCUT2D eigenvalue weighted by atomic mass is 10.1. The molecule has 18 heavy (non-hydrogen) atoms. The first kappa shape index (κ1) is 14.6.